The van der Waals surface area contributed by atoms with E-state index in [-0.39, 0.29) is 0 Å². The van der Waals surface area contributed by atoms with Gasteiger partial charge in [-0.15, -0.1) is 11.3 Å². The molecule has 0 saturated carbocycles. The van der Waals surface area contributed by atoms with Crippen LogP contribution < -0.4 is 5.32 Å². The van der Waals surface area contributed by atoms with Gasteiger partial charge >= 0.3 is 0 Å². The first-order valence-electron chi connectivity index (χ1n) is 7.43. The van der Waals surface area contributed by atoms with Gasteiger partial charge in [0.1, 0.15) is 0 Å². The van der Waals surface area contributed by atoms with Crippen molar-refractivity contribution >= 4 is 11.3 Å². The first-order chi connectivity index (χ1) is 8.90. The molecule has 0 aromatic carbocycles. The van der Waals surface area contributed by atoms with Crippen LogP contribution in [0.4, 0.5) is 0 Å². The number of nitrogens with zero attached hydrogens (tertiary/aromatic N) is 1. The standard InChI is InChI=1S/C15H24N2S/c1-2-9-17(12-6-8-16-11-12)14-4-3-5-15-13(14)7-10-18-15/h7,10,12,14,16H,2-6,8-9,11H2,1H3. The average molecular weight is 264 g/mol. The molecule has 0 bridgehead atoms. The lowest BCUT2D eigenvalue weighted by Crippen LogP contribution is -2.41. The van der Waals surface area contributed by atoms with Gasteiger partial charge < -0.3 is 5.32 Å². The summed E-state index contributed by atoms with van der Waals surface area (Å²) in [7, 11) is 0. The van der Waals surface area contributed by atoms with E-state index in [1.54, 1.807) is 10.4 Å². The molecular formula is C15H24N2S. The maximum Gasteiger partial charge on any atom is 0.0362 e. The van der Waals surface area contributed by atoms with Crippen LogP contribution in [0.15, 0.2) is 11.4 Å². The van der Waals surface area contributed by atoms with E-state index in [2.05, 4.69) is 28.6 Å². The fourth-order valence-electron chi connectivity index (χ4n) is 3.58. The number of aryl methyl sites for hydroxylation is 1. The molecule has 0 radical (unpaired) electrons. The largest absolute Gasteiger partial charge is 0.315 e. The highest BCUT2D eigenvalue weighted by molar-refractivity contribution is 7.10. The molecule has 100 valence electrons. The lowest BCUT2D eigenvalue weighted by atomic mass is 9.91. The summed E-state index contributed by atoms with van der Waals surface area (Å²) in [4.78, 5) is 4.45. The molecule has 1 N–H and O–H groups in total. The van der Waals surface area contributed by atoms with Crippen molar-refractivity contribution in [3.63, 3.8) is 0 Å². The Bertz CT molecular complexity index is 382. The summed E-state index contributed by atoms with van der Waals surface area (Å²) >= 11 is 1.96. The molecule has 1 fully saturated rings. The van der Waals surface area contributed by atoms with Crippen molar-refractivity contribution in [1.82, 2.24) is 10.2 Å². The van der Waals surface area contributed by atoms with Gasteiger partial charge in [0.15, 0.2) is 0 Å². The third kappa shape index (κ3) is 2.36. The minimum Gasteiger partial charge on any atom is -0.315 e. The van der Waals surface area contributed by atoms with E-state index in [1.807, 2.05) is 11.3 Å². The molecule has 1 saturated heterocycles. The van der Waals surface area contributed by atoms with E-state index in [9.17, 15) is 0 Å². The van der Waals surface area contributed by atoms with Crippen LogP contribution in [0.5, 0.6) is 0 Å². The highest BCUT2D eigenvalue weighted by Crippen LogP contribution is 2.38. The first-order valence-corrected chi connectivity index (χ1v) is 8.31. The highest BCUT2D eigenvalue weighted by atomic mass is 32.1. The van der Waals surface area contributed by atoms with Crippen LogP contribution in [0.3, 0.4) is 0 Å². The van der Waals surface area contributed by atoms with E-state index in [0.29, 0.717) is 6.04 Å². The molecule has 0 amide bonds. The third-order valence-corrected chi connectivity index (χ3v) is 5.40. The van der Waals surface area contributed by atoms with E-state index in [1.165, 1.54) is 51.7 Å². The Morgan fingerprint density at radius 3 is 3.17 bits per heavy atom. The quantitative estimate of drug-likeness (QED) is 0.898. The van der Waals surface area contributed by atoms with Crippen molar-refractivity contribution in [2.75, 3.05) is 19.6 Å². The molecular weight excluding hydrogens is 240 g/mol. The first kappa shape index (κ1) is 12.6. The SMILES string of the molecule is CCCN(C1CCNC1)C1CCCc2sccc21. The molecule has 2 heterocycles. The Labute approximate surface area is 114 Å². The minimum atomic E-state index is 0.699. The van der Waals surface area contributed by atoms with E-state index in [0.717, 1.165) is 6.04 Å². The molecule has 18 heavy (non-hydrogen) atoms. The zero-order valence-corrected chi connectivity index (χ0v) is 12.1. The van der Waals surface area contributed by atoms with Crippen LogP contribution in [0, 0.1) is 0 Å². The van der Waals surface area contributed by atoms with Crippen molar-refractivity contribution < 1.29 is 0 Å². The Kier molecular flexibility index (Phi) is 4.02. The summed E-state index contributed by atoms with van der Waals surface area (Å²) in [5.41, 5.74) is 1.65. The second-order valence-corrected chi connectivity index (χ2v) is 6.59. The number of fused-ring (bicyclic) bond motifs is 1. The summed E-state index contributed by atoms with van der Waals surface area (Å²) in [5.74, 6) is 0. The molecule has 1 aliphatic carbocycles. The lowest BCUT2D eigenvalue weighted by molar-refractivity contribution is 0.129. The fraction of sp³-hybridized carbons (Fsp3) is 0.733. The van der Waals surface area contributed by atoms with Gasteiger partial charge in [0.25, 0.3) is 0 Å². The molecule has 2 atom stereocenters. The zero-order chi connectivity index (χ0) is 12.4. The number of hydrogen-bond acceptors (Lipinski definition) is 3. The van der Waals surface area contributed by atoms with Crippen molar-refractivity contribution in [2.24, 2.45) is 0 Å². The Balaban J connectivity index is 1.82. The topological polar surface area (TPSA) is 15.3 Å². The molecule has 1 aromatic heterocycles. The molecule has 3 heteroatoms. The Morgan fingerprint density at radius 2 is 2.39 bits per heavy atom. The third-order valence-electron chi connectivity index (χ3n) is 4.41. The number of thiophene rings is 1. The van der Waals surface area contributed by atoms with Gasteiger partial charge in [-0.3, -0.25) is 4.90 Å². The predicted molar refractivity (Wildman–Crippen MR) is 78.3 cm³/mol. The number of rotatable bonds is 4. The summed E-state index contributed by atoms with van der Waals surface area (Å²) in [6.07, 6.45) is 6.65. The molecule has 0 spiro atoms. The molecule has 1 aliphatic heterocycles. The van der Waals surface area contributed by atoms with Crippen molar-refractivity contribution in [3.8, 4) is 0 Å². The van der Waals surface area contributed by atoms with Gasteiger partial charge in [-0.25, -0.2) is 0 Å². The second-order valence-electron chi connectivity index (χ2n) is 5.59. The van der Waals surface area contributed by atoms with Crippen LogP contribution in [0.2, 0.25) is 0 Å². The second kappa shape index (κ2) is 5.72. The Morgan fingerprint density at radius 1 is 1.44 bits per heavy atom. The molecule has 3 rings (SSSR count). The van der Waals surface area contributed by atoms with Crippen LogP contribution in [-0.4, -0.2) is 30.6 Å². The summed E-state index contributed by atoms with van der Waals surface area (Å²) in [5, 5.41) is 5.82. The smallest absolute Gasteiger partial charge is 0.0362 e. The van der Waals surface area contributed by atoms with Gasteiger partial charge in [-0.05, 0) is 62.2 Å². The highest BCUT2D eigenvalue weighted by Gasteiger charge is 2.32. The molecule has 2 unspecified atom stereocenters. The predicted octanol–water partition coefficient (Wildman–Crippen LogP) is 3.20. The summed E-state index contributed by atoms with van der Waals surface area (Å²) in [6, 6.07) is 3.85. The van der Waals surface area contributed by atoms with Crippen LogP contribution in [0.1, 0.15) is 49.1 Å². The van der Waals surface area contributed by atoms with Gasteiger partial charge in [0, 0.05) is 23.5 Å². The van der Waals surface area contributed by atoms with Crippen LogP contribution >= 0.6 is 11.3 Å². The zero-order valence-electron chi connectivity index (χ0n) is 11.3. The summed E-state index contributed by atoms with van der Waals surface area (Å²) in [6.45, 7) is 5.96. The van der Waals surface area contributed by atoms with Crippen LogP contribution in [-0.2, 0) is 6.42 Å². The van der Waals surface area contributed by atoms with Gasteiger partial charge in [-0.2, -0.15) is 0 Å². The van der Waals surface area contributed by atoms with Crippen molar-refractivity contribution in [2.45, 2.75) is 51.1 Å². The minimum absolute atomic E-state index is 0.699. The van der Waals surface area contributed by atoms with Crippen molar-refractivity contribution in [1.29, 1.82) is 0 Å². The van der Waals surface area contributed by atoms with Gasteiger partial charge in [0.2, 0.25) is 0 Å². The van der Waals surface area contributed by atoms with Gasteiger partial charge in [-0.1, -0.05) is 6.92 Å². The normalized spacial score (nSPS) is 27.7. The summed E-state index contributed by atoms with van der Waals surface area (Å²) < 4.78 is 0. The number of hydrogen-bond donors (Lipinski definition) is 1. The lowest BCUT2D eigenvalue weighted by Gasteiger charge is -2.38. The van der Waals surface area contributed by atoms with E-state index >= 15 is 0 Å². The maximum atomic E-state index is 3.53. The molecule has 2 nitrogen and oxygen atoms in total. The Hall–Kier alpha value is -0.380. The van der Waals surface area contributed by atoms with E-state index < -0.39 is 0 Å². The van der Waals surface area contributed by atoms with Crippen molar-refractivity contribution in [3.05, 3.63) is 21.9 Å². The van der Waals surface area contributed by atoms with Crippen LogP contribution in [0.25, 0.3) is 0 Å². The average Bonchev–Trinajstić information content (AvgIpc) is 3.06. The molecule has 1 aromatic rings. The number of nitrogens with one attached hydrogen (secondary N) is 1. The fourth-order valence-corrected chi connectivity index (χ4v) is 4.56. The molecule has 2 aliphatic rings. The van der Waals surface area contributed by atoms with Gasteiger partial charge in [0.05, 0.1) is 0 Å². The monoisotopic (exact) mass is 264 g/mol. The maximum absolute atomic E-state index is 3.53. The van der Waals surface area contributed by atoms with E-state index in [4.69, 9.17) is 0 Å².